The molecule has 3 nitrogen and oxygen atoms in total. The molecule has 0 aliphatic carbocycles. The summed E-state index contributed by atoms with van der Waals surface area (Å²) < 4.78 is 11.1. The van der Waals surface area contributed by atoms with E-state index in [-0.39, 0.29) is 0 Å². The summed E-state index contributed by atoms with van der Waals surface area (Å²) in [7, 11) is 0. The molecule has 0 atom stereocenters. The Balaban J connectivity index is 1.84. The number of aryl methyl sites for hydroxylation is 1. The maximum absolute atomic E-state index is 6.27. The van der Waals surface area contributed by atoms with Gasteiger partial charge in [0.1, 0.15) is 12.4 Å². The standard InChI is InChI=1S/C16H13Cl2NO2/c17-7-6-14-12-8-13(18)16(9-15(12)21-19-14)20-10-11-4-2-1-3-5-11/h1-5,8-9H,6-7,10H2. The molecule has 3 aromatic rings. The van der Waals surface area contributed by atoms with E-state index >= 15 is 0 Å². The minimum Gasteiger partial charge on any atom is -0.487 e. The van der Waals surface area contributed by atoms with Gasteiger partial charge in [-0.3, -0.25) is 0 Å². The summed E-state index contributed by atoms with van der Waals surface area (Å²) in [6, 6.07) is 13.5. The lowest BCUT2D eigenvalue weighted by atomic mass is 10.2. The Morgan fingerprint density at radius 1 is 1.14 bits per heavy atom. The van der Waals surface area contributed by atoms with E-state index < -0.39 is 0 Å². The van der Waals surface area contributed by atoms with E-state index in [2.05, 4.69) is 5.16 Å². The highest BCUT2D eigenvalue weighted by atomic mass is 35.5. The Morgan fingerprint density at radius 3 is 2.71 bits per heavy atom. The monoisotopic (exact) mass is 321 g/mol. The van der Waals surface area contributed by atoms with Crippen molar-refractivity contribution in [3.05, 3.63) is 58.7 Å². The Hall–Kier alpha value is -1.71. The van der Waals surface area contributed by atoms with E-state index in [1.165, 1.54) is 0 Å². The second-order valence-electron chi connectivity index (χ2n) is 4.62. The summed E-state index contributed by atoms with van der Waals surface area (Å²) >= 11 is 12.0. The lowest BCUT2D eigenvalue weighted by Gasteiger charge is -2.08. The molecular formula is C16H13Cl2NO2. The van der Waals surface area contributed by atoms with E-state index in [0.717, 1.165) is 16.6 Å². The smallest absolute Gasteiger partial charge is 0.170 e. The average Bonchev–Trinajstić information content (AvgIpc) is 2.88. The topological polar surface area (TPSA) is 35.3 Å². The molecule has 108 valence electrons. The first kappa shape index (κ1) is 14.2. The van der Waals surface area contributed by atoms with Crippen molar-refractivity contribution in [1.82, 2.24) is 5.16 Å². The number of nitrogens with zero attached hydrogens (tertiary/aromatic N) is 1. The summed E-state index contributed by atoms with van der Waals surface area (Å²) in [5.41, 5.74) is 2.55. The summed E-state index contributed by atoms with van der Waals surface area (Å²) in [6.45, 7) is 0.453. The van der Waals surface area contributed by atoms with Gasteiger partial charge in [0, 0.05) is 23.8 Å². The molecule has 3 rings (SSSR count). The minimum absolute atomic E-state index is 0.453. The van der Waals surface area contributed by atoms with Gasteiger partial charge in [0.05, 0.1) is 10.7 Å². The number of rotatable bonds is 5. The second kappa shape index (κ2) is 6.37. The first-order valence-corrected chi connectivity index (χ1v) is 7.49. The molecule has 0 N–H and O–H groups in total. The summed E-state index contributed by atoms with van der Waals surface area (Å²) in [5.74, 6) is 1.08. The predicted molar refractivity (Wildman–Crippen MR) is 84.2 cm³/mol. The number of hydrogen-bond acceptors (Lipinski definition) is 3. The van der Waals surface area contributed by atoms with Crippen molar-refractivity contribution in [1.29, 1.82) is 0 Å². The highest BCUT2D eigenvalue weighted by Crippen LogP contribution is 2.32. The maximum atomic E-state index is 6.27. The minimum atomic E-state index is 0.453. The highest BCUT2D eigenvalue weighted by molar-refractivity contribution is 6.32. The largest absolute Gasteiger partial charge is 0.487 e. The van der Waals surface area contributed by atoms with Crippen LogP contribution in [-0.2, 0) is 13.0 Å². The average molecular weight is 322 g/mol. The lowest BCUT2D eigenvalue weighted by Crippen LogP contribution is -1.95. The summed E-state index contributed by atoms with van der Waals surface area (Å²) in [5, 5.41) is 5.43. The quantitative estimate of drug-likeness (QED) is 0.630. The third kappa shape index (κ3) is 3.14. The van der Waals surface area contributed by atoms with Crippen molar-refractivity contribution in [3.8, 4) is 5.75 Å². The van der Waals surface area contributed by atoms with Gasteiger partial charge in [0.2, 0.25) is 0 Å². The van der Waals surface area contributed by atoms with Crippen molar-refractivity contribution >= 4 is 34.2 Å². The van der Waals surface area contributed by atoms with Crippen molar-refractivity contribution in [2.75, 3.05) is 5.88 Å². The molecule has 2 aromatic carbocycles. The van der Waals surface area contributed by atoms with E-state index in [0.29, 0.717) is 35.3 Å². The van der Waals surface area contributed by atoms with Crippen LogP contribution < -0.4 is 4.74 Å². The number of benzene rings is 2. The van der Waals surface area contributed by atoms with Crippen LogP contribution in [0.5, 0.6) is 5.75 Å². The lowest BCUT2D eigenvalue weighted by molar-refractivity contribution is 0.306. The van der Waals surface area contributed by atoms with Gasteiger partial charge in [-0.15, -0.1) is 11.6 Å². The van der Waals surface area contributed by atoms with Crippen LogP contribution in [-0.4, -0.2) is 11.0 Å². The van der Waals surface area contributed by atoms with E-state index in [1.807, 2.05) is 36.4 Å². The zero-order valence-corrected chi connectivity index (χ0v) is 12.7. The third-order valence-electron chi connectivity index (χ3n) is 3.17. The van der Waals surface area contributed by atoms with E-state index in [9.17, 15) is 0 Å². The SMILES string of the molecule is ClCCc1noc2cc(OCc3ccccc3)c(Cl)cc12. The number of ether oxygens (including phenoxy) is 1. The van der Waals surface area contributed by atoms with Gasteiger partial charge in [0.15, 0.2) is 5.58 Å². The van der Waals surface area contributed by atoms with Gasteiger partial charge in [-0.25, -0.2) is 0 Å². The Bertz CT molecular complexity index is 741. The maximum Gasteiger partial charge on any atom is 0.170 e. The van der Waals surface area contributed by atoms with Crippen molar-refractivity contribution < 1.29 is 9.26 Å². The van der Waals surface area contributed by atoms with E-state index in [4.69, 9.17) is 32.5 Å². The van der Waals surface area contributed by atoms with Crippen LogP contribution in [0.15, 0.2) is 47.0 Å². The zero-order chi connectivity index (χ0) is 14.7. The van der Waals surface area contributed by atoms with Gasteiger partial charge in [-0.2, -0.15) is 0 Å². The van der Waals surface area contributed by atoms with Gasteiger partial charge in [0.25, 0.3) is 0 Å². The first-order valence-electron chi connectivity index (χ1n) is 6.58. The van der Waals surface area contributed by atoms with Gasteiger partial charge < -0.3 is 9.26 Å². The second-order valence-corrected chi connectivity index (χ2v) is 5.41. The molecule has 0 spiro atoms. The number of hydrogen-bond donors (Lipinski definition) is 0. The Kier molecular flexibility index (Phi) is 4.32. The molecule has 0 fully saturated rings. The molecule has 0 aliphatic heterocycles. The molecule has 0 radical (unpaired) electrons. The number of fused-ring (bicyclic) bond motifs is 1. The van der Waals surface area contributed by atoms with Crippen LogP contribution in [0.1, 0.15) is 11.3 Å². The molecule has 1 aromatic heterocycles. The van der Waals surface area contributed by atoms with Crippen LogP contribution in [0.2, 0.25) is 5.02 Å². The number of aromatic nitrogens is 1. The van der Waals surface area contributed by atoms with Crippen LogP contribution in [0, 0.1) is 0 Å². The summed E-state index contributed by atoms with van der Waals surface area (Å²) in [4.78, 5) is 0. The van der Waals surface area contributed by atoms with Crippen molar-refractivity contribution in [2.24, 2.45) is 0 Å². The fourth-order valence-corrected chi connectivity index (χ4v) is 2.50. The molecule has 0 amide bonds. The number of halogens is 2. The normalized spacial score (nSPS) is 11.0. The molecule has 21 heavy (non-hydrogen) atoms. The van der Waals surface area contributed by atoms with Crippen LogP contribution >= 0.6 is 23.2 Å². The van der Waals surface area contributed by atoms with E-state index in [1.54, 1.807) is 6.07 Å². The van der Waals surface area contributed by atoms with Gasteiger partial charge in [-0.05, 0) is 11.6 Å². The molecule has 1 heterocycles. The van der Waals surface area contributed by atoms with Gasteiger partial charge in [-0.1, -0.05) is 47.1 Å². The highest BCUT2D eigenvalue weighted by Gasteiger charge is 2.12. The predicted octanol–water partition coefficient (Wildman–Crippen LogP) is 4.84. The van der Waals surface area contributed by atoms with Crippen molar-refractivity contribution in [2.45, 2.75) is 13.0 Å². The molecule has 0 aliphatic rings. The molecule has 0 saturated heterocycles. The fourth-order valence-electron chi connectivity index (χ4n) is 2.10. The van der Waals surface area contributed by atoms with Crippen LogP contribution in [0.25, 0.3) is 11.0 Å². The first-order chi connectivity index (χ1) is 10.3. The molecular weight excluding hydrogens is 309 g/mol. The molecule has 5 heteroatoms. The molecule has 0 saturated carbocycles. The van der Waals surface area contributed by atoms with Crippen LogP contribution in [0.3, 0.4) is 0 Å². The number of alkyl halides is 1. The van der Waals surface area contributed by atoms with Gasteiger partial charge >= 0.3 is 0 Å². The van der Waals surface area contributed by atoms with Crippen molar-refractivity contribution in [3.63, 3.8) is 0 Å². The Labute approximate surface area is 132 Å². The molecule has 0 bridgehead atoms. The molecule has 0 unspecified atom stereocenters. The van der Waals surface area contributed by atoms with Crippen LogP contribution in [0.4, 0.5) is 0 Å². The third-order valence-corrected chi connectivity index (χ3v) is 3.65. The fraction of sp³-hybridized carbons (Fsp3) is 0.188. The summed E-state index contributed by atoms with van der Waals surface area (Å²) in [6.07, 6.45) is 0.648. The Morgan fingerprint density at radius 2 is 1.95 bits per heavy atom. The zero-order valence-electron chi connectivity index (χ0n) is 11.2.